The topological polar surface area (TPSA) is 225 Å². The van der Waals surface area contributed by atoms with E-state index in [0.29, 0.717) is 92.2 Å². The van der Waals surface area contributed by atoms with Crippen molar-refractivity contribution in [3.8, 4) is 0 Å². The van der Waals surface area contributed by atoms with Gasteiger partial charge >= 0.3 is 35.8 Å². The number of aromatic amines is 2. The van der Waals surface area contributed by atoms with Gasteiger partial charge in [0, 0.05) is 49.6 Å². The number of hydrogen-bond acceptors (Lipinski definition) is 14. The predicted molar refractivity (Wildman–Crippen MR) is 271 cm³/mol. The van der Waals surface area contributed by atoms with E-state index >= 15 is 8.78 Å². The lowest BCUT2D eigenvalue weighted by molar-refractivity contribution is -1.03. The minimum atomic E-state index is -1.39. The van der Waals surface area contributed by atoms with E-state index in [4.69, 9.17) is 9.68 Å². The molecule has 0 bridgehead atoms. The average Bonchev–Trinajstić information content (AvgIpc) is 4.25. The van der Waals surface area contributed by atoms with Crippen LogP contribution in [0, 0.1) is 11.6 Å². The third kappa shape index (κ3) is 9.48. The number of halogens is 2. The molecular formula is C54H54F2N10O10+2. The average molecular weight is 1040 g/mol. The van der Waals surface area contributed by atoms with E-state index < -0.39 is 91.3 Å². The summed E-state index contributed by atoms with van der Waals surface area (Å²) in [4.78, 5) is 128. The molecule has 4 aromatic carbocycles. The normalized spacial score (nSPS) is 22.3. The standard InChI is InChI=1S/C54H52F2N10O10/c1-33-51(71)63(45-31-35(15-17-41(45)55)29-43-37-11-3-5-13-39(37)49(69)59-57-43)53(73)65(33,27-25-61-21-7-8-22-61)75-47(67)19-20-48(68)76-66(28-26-62-23-9-10-24-62)34(2)52(72)64(54(66)74)46-32-36(16-18-42(46)56)30-44-38-12-4-6-14-40(38)50(70)60-58-44/h3-6,11-20,31-34H,7-10,21-30H2,1-2H3/p+2/b20-19-. The van der Waals surface area contributed by atoms with E-state index in [9.17, 15) is 38.4 Å². The second kappa shape index (κ2) is 20.9. The van der Waals surface area contributed by atoms with Gasteiger partial charge in [0.25, 0.3) is 11.1 Å². The van der Waals surface area contributed by atoms with E-state index in [-0.39, 0.29) is 39.0 Å². The Hall–Kier alpha value is -8.18. The van der Waals surface area contributed by atoms with Crippen molar-refractivity contribution in [1.29, 1.82) is 0 Å². The van der Waals surface area contributed by atoms with Crippen LogP contribution in [0.5, 0.6) is 0 Å². The molecule has 0 saturated carbocycles. The Labute approximate surface area is 432 Å². The number of carbonyl (C=O) groups excluding carboxylic acids is 6. The number of fused-ring (bicyclic) bond motifs is 2. The molecule has 4 aliphatic rings. The van der Waals surface area contributed by atoms with E-state index in [1.165, 1.54) is 38.1 Å². The third-order valence-electron chi connectivity index (χ3n) is 15.0. The number of quaternary nitrogens is 2. The number of likely N-dealkylation sites (tertiary alicyclic amines) is 2. The number of H-pyrrole nitrogens is 2. The Kier molecular flexibility index (Phi) is 14.1. The lowest BCUT2D eigenvalue weighted by Crippen LogP contribution is -2.59. The minimum absolute atomic E-state index is 0.0787. The van der Waals surface area contributed by atoms with Gasteiger partial charge in [0.2, 0.25) is 12.1 Å². The number of hydrogen-bond donors (Lipinski definition) is 2. The molecule has 4 aliphatic heterocycles. The second-order valence-electron chi connectivity index (χ2n) is 19.6. The van der Waals surface area contributed by atoms with E-state index in [2.05, 4.69) is 20.4 Å². The van der Waals surface area contributed by atoms with Crippen molar-refractivity contribution in [2.45, 2.75) is 64.5 Å². The van der Waals surface area contributed by atoms with Crippen LogP contribution in [0.2, 0.25) is 0 Å². The fourth-order valence-electron chi connectivity index (χ4n) is 10.7. The maximum atomic E-state index is 15.9. The summed E-state index contributed by atoms with van der Waals surface area (Å²) in [5.74, 6) is -6.08. The highest BCUT2D eigenvalue weighted by Gasteiger charge is 2.65. The molecule has 0 radical (unpaired) electrons. The van der Waals surface area contributed by atoms with Gasteiger partial charge in [0.1, 0.15) is 24.7 Å². The summed E-state index contributed by atoms with van der Waals surface area (Å²) in [6.45, 7) is 5.45. The number of aromatic nitrogens is 4. The number of anilines is 2. The Morgan fingerprint density at radius 2 is 0.947 bits per heavy atom. The van der Waals surface area contributed by atoms with Crippen LogP contribution in [0.15, 0.2) is 107 Å². The van der Waals surface area contributed by atoms with Crippen molar-refractivity contribution in [1.82, 2.24) is 30.2 Å². The van der Waals surface area contributed by atoms with Crippen LogP contribution < -0.4 is 20.9 Å². The van der Waals surface area contributed by atoms with Crippen molar-refractivity contribution in [2.75, 3.05) is 62.2 Å². The Morgan fingerprint density at radius 3 is 1.33 bits per heavy atom. The van der Waals surface area contributed by atoms with Crippen molar-refractivity contribution in [3.63, 3.8) is 0 Å². The number of imide groups is 2. The number of nitrogens with zero attached hydrogens (tertiary/aromatic N) is 8. The highest BCUT2D eigenvalue weighted by Crippen LogP contribution is 2.37. The van der Waals surface area contributed by atoms with Crippen LogP contribution in [0.3, 0.4) is 0 Å². The molecule has 6 amide bonds. The number of urea groups is 2. The summed E-state index contributed by atoms with van der Waals surface area (Å²) in [6.07, 6.45) is 5.04. The first-order valence-electron chi connectivity index (χ1n) is 25.2. The quantitative estimate of drug-likeness (QED) is 0.0711. The van der Waals surface area contributed by atoms with Crippen LogP contribution in [0.4, 0.5) is 29.7 Å². The largest absolute Gasteiger partial charge is 0.473 e. The zero-order valence-electron chi connectivity index (χ0n) is 41.7. The zero-order valence-corrected chi connectivity index (χ0v) is 41.7. The third-order valence-corrected chi connectivity index (χ3v) is 15.0. The van der Waals surface area contributed by atoms with Gasteiger partial charge in [0.05, 0.1) is 46.6 Å². The molecule has 4 saturated heterocycles. The Morgan fingerprint density at radius 1 is 0.579 bits per heavy atom. The van der Waals surface area contributed by atoms with E-state index in [1.807, 2.05) is 9.80 Å². The first kappa shape index (κ1) is 51.3. The number of rotatable bonds is 16. The number of benzene rings is 4. The molecule has 2 aromatic heterocycles. The molecule has 0 spiro atoms. The number of hydroxylamine groups is 6. The SMILES string of the molecule is CC1C(=O)N(c2cc(Cc3n[nH]c(=O)c4ccccc34)ccc2F)C(=O)[N+]1(CCN1CCCC1)OC(=O)/C=C\C(=O)O[N+]1(CCN2CCCC2)C(=O)N(c2cc(Cc3n[nH]c(=O)c4ccccc34)ccc2F)C(=O)C1C. The first-order chi connectivity index (χ1) is 36.6. The predicted octanol–water partition coefficient (Wildman–Crippen LogP) is 5.33. The molecular weight excluding hydrogens is 987 g/mol. The maximum absolute atomic E-state index is 15.9. The highest BCUT2D eigenvalue weighted by molar-refractivity contribution is 6.18. The van der Waals surface area contributed by atoms with Crippen LogP contribution in [-0.4, -0.2) is 140 Å². The lowest BCUT2D eigenvalue weighted by Gasteiger charge is -2.31. The number of carbonyl (C=O) groups is 6. The summed E-state index contributed by atoms with van der Waals surface area (Å²) in [7, 11) is 0. The fourth-order valence-corrected chi connectivity index (χ4v) is 10.7. The monoisotopic (exact) mass is 1040 g/mol. The van der Waals surface area contributed by atoms with Gasteiger partial charge in [0.15, 0.2) is 0 Å². The van der Waals surface area contributed by atoms with Gasteiger partial charge in [-0.25, -0.2) is 38.2 Å². The maximum Gasteiger partial charge on any atom is 0.473 e. The Bertz CT molecular complexity index is 3280. The lowest BCUT2D eigenvalue weighted by atomic mass is 10.0. The molecule has 6 heterocycles. The summed E-state index contributed by atoms with van der Waals surface area (Å²) >= 11 is 0. The fraction of sp³-hybridized carbons (Fsp3) is 0.333. The van der Waals surface area contributed by atoms with Crippen LogP contribution in [0.1, 0.15) is 62.0 Å². The molecule has 76 heavy (non-hydrogen) atoms. The van der Waals surface area contributed by atoms with Crippen LogP contribution in [-0.2, 0) is 41.7 Å². The van der Waals surface area contributed by atoms with Crippen LogP contribution in [0.25, 0.3) is 21.5 Å². The zero-order chi connectivity index (χ0) is 53.5. The number of nitrogens with one attached hydrogen (secondary N) is 2. The molecule has 4 fully saturated rings. The number of amides is 6. The molecule has 4 unspecified atom stereocenters. The smallest absolute Gasteiger partial charge is 0.298 e. The van der Waals surface area contributed by atoms with Gasteiger partial charge in [-0.05, 0) is 109 Å². The van der Waals surface area contributed by atoms with Gasteiger partial charge in [-0.3, -0.25) is 38.7 Å². The molecule has 0 aliphatic carbocycles. The summed E-state index contributed by atoms with van der Waals surface area (Å²) in [6, 6.07) is 16.5. The second-order valence-corrected chi connectivity index (χ2v) is 19.6. The molecule has 10 rings (SSSR count). The summed E-state index contributed by atoms with van der Waals surface area (Å²) in [5, 5.41) is 15.2. The minimum Gasteiger partial charge on any atom is -0.298 e. The molecule has 6 aromatic rings. The molecule has 4 atom stereocenters. The molecule has 22 heteroatoms. The van der Waals surface area contributed by atoms with Gasteiger partial charge in [-0.2, -0.15) is 20.0 Å². The summed E-state index contributed by atoms with van der Waals surface area (Å²) < 4.78 is 29.4. The van der Waals surface area contributed by atoms with Gasteiger partial charge in [-0.15, -0.1) is 0 Å². The first-order valence-corrected chi connectivity index (χ1v) is 25.2. The van der Waals surface area contributed by atoms with Gasteiger partial charge in [-0.1, -0.05) is 48.5 Å². The van der Waals surface area contributed by atoms with Crippen molar-refractivity contribution >= 4 is 68.7 Å². The molecule has 2 N–H and O–H groups in total. The van der Waals surface area contributed by atoms with Crippen molar-refractivity contribution in [2.24, 2.45) is 0 Å². The van der Waals surface area contributed by atoms with Crippen molar-refractivity contribution < 1.29 is 56.5 Å². The highest BCUT2D eigenvalue weighted by atomic mass is 19.1. The Balaban J connectivity index is 0.909. The van der Waals surface area contributed by atoms with Crippen LogP contribution >= 0.6 is 0 Å². The molecule has 20 nitrogen and oxygen atoms in total. The summed E-state index contributed by atoms with van der Waals surface area (Å²) in [5.41, 5.74) is 0.208. The van der Waals surface area contributed by atoms with Gasteiger partial charge < -0.3 is 0 Å². The van der Waals surface area contributed by atoms with E-state index in [1.54, 1.807) is 48.5 Å². The van der Waals surface area contributed by atoms with Crippen molar-refractivity contribution in [3.05, 3.63) is 152 Å². The molecule has 392 valence electrons. The van der Waals surface area contributed by atoms with E-state index in [0.717, 1.165) is 37.8 Å².